The van der Waals surface area contributed by atoms with Gasteiger partial charge in [0.25, 0.3) is 5.91 Å². The smallest absolute Gasteiger partial charge is 0.330 e. The Bertz CT molecular complexity index is 1130. The van der Waals surface area contributed by atoms with Gasteiger partial charge in [0.1, 0.15) is 5.70 Å². The Morgan fingerprint density at radius 3 is 1.43 bits per heavy atom. The zero-order chi connectivity index (χ0) is 39.2. The van der Waals surface area contributed by atoms with Crippen molar-refractivity contribution in [1.29, 1.82) is 0 Å². The van der Waals surface area contributed by atoms with Crippen LogP contribution in [0, 0.1) is 17.8 Å². The molecule has 1 aliphatic rings. The minimum Gasteiger partial charge on any atom is -0.478 e. The van der Waals surface area contributed by atoms with Crippen molar-refractivity contribution in [3.8, 4) is 0 Å². The topological polar surface area (TPSA) is 407 Å². The predicted octanol–water partition coefficient (Wildman–Crippen LogP) is -4.80. The van der Waals surface area contributed by atoms with Gasteiger partial charge in [-0.25, -0.2) is 9.59 Å². The first-order chi connectivity index (χ1) is 21.9. The van der Waals surface area contributed by atoms with E-state index >= 15 is 0 Å². The van der Waals surface area contributed by atoms with Gasteiger partial charge in [0.15, 0.2) is 0 Å². The van der Waals surface area contributed by atoms with Crippen molar-refractivity contribution >= 4 is 96.5 Å². The van der Waals surface area contributed by atoms with E-state index in [4.69, 9.17) is 26.8 Å². The first-order valence-corrected chi connectivity index (χ1v) is 25.3. The molecule has 284 valence electrons. The van der Waals surface area contributed by atoms with Crippen LogP contribution in [0.2, 0.25) is 0 Å². The van der Waals surface area contributed by atoms with Gasteiger partial charge in [-0.3, -0.25) is 43.7 Å². The predicted molar refractivity (Wildman–Crippen MR) is 188 cm³/mol. The number of carbonyl (C=O) groups is 10. The van der Waals surface area contributed by atoms with Gasteiger partial charge in [-0.15, -0.1) is 0 Å². The maximum atomic E-state index is 10.7. The van der Waals surface area contributed by atoms with Gasteiger partial charge in [0.2, 0.25) is 35.4 Å². The molecule has 1 aliphatic heterocycles. The molecule has 3 unspecified atom stereocenters. The molecule has 0 aromatic carbocycles. The molecule has 21 nitrogen and oxygen atoms in total. The van der Waals surface area contributed by atoms with Crippen LogP contribution in [0.1, 0.15) is 40.0 Å². The Morgan fingerprint density at radius 2 is 1.27 bits per heavy atom. The quantitative estimate of drug-likeness (QED) is 0.0556. The molecule has 49 heavy (non-hydrogen) atoms. The van der Waals surface area contributed by atoms with E-state index < -0.39 is 47.2 Å². The van der Waals surface area contributed by atoms with Crippen molar-refractivity contribution in [2.75, 3.05) is 14.1 Å². The molecule has 0 spiro atoms. The maximum Gasteiger partial charge on any atom is 0.330 e. The average Bonchev–Trinajstić information content (AvgIpc) is 3.25. The molecule has 1 heterocycles. The number of hydrogen-bond acceptors (Lipinski definition) is 12. The summed E-state index contributed by atoms with van der Waals surface area (Å²) in [6.07, 6.45) is 2.37. The summed E-state index contributed by atoms with van der Waals surface area (Å²) in [7, 11) is 3.01. The molecule has 24 heteroatoms. The zero-order valence-corrected chi connectivity index (χ0v) is 33.6. The second-order valence-corrected chi connectivity index (χ2v) is 25.0. The van der Waals surface area contributed by atoms with Crippen molar-refractivity contribution in [2.45, 2.75) is 40.0 Å². The normalized spacial score (nSPS) is 13.6. The Labute approximate surface area is 311 Å². The second kappa shape index (κ2) is 35.6. The molecule has 0 aliphatic carbocycles. The van der Waals surface area contributed by atoms with E-state index in [0.717, 1.165) is 6.08 Å². The molecule has 0 aromatic heterocycles. The first-order valence-electron chi connectivity index (χ1n) is 12.8. The van der Waals surface area contributed by atoms with E-state index in [-0.39, 0.29) is 54.5 Å². The molecule has 1 saturated heterocycles. The molecular formula is C25H44I3N8O13-. The number of primary amides is 3. The van der Waals surface area contributed by atoms with Crippen molar-refractivity contribution in [2.24, 2.45) is 40.7 Å². The zero-order valence-electron chi connectivity index (χ0n) is 27.2. The van der Waals surface area contributed by atoms with Crippen LogP contribution in [-0.2, 0) is 47.9 Å². The number of carboxylic acids is 3. The number of nitrogens with one attached hydrogen (secondary N) is 3. The van der Waals surface area contributed by atoms with Gasteiger partial charge in [0.05, 0.1) is 12.5 Å². The van der Waals surface area contributed by atoms with Gasteiger partial charge < -0.3 is 55.0 Å². The van der Waals surface area contributed by atoms with Gasteiger partial charge in [-0.1, -0.05) is 20.8 Å². The number of carboxylic acid groups (broad SMARTS) is 3. The third kappa shape index (κ3) is 46.5. The number of rotatable bonds is 10. The molecule has 0 bridgehead atoms. The molecule has 0 radical (unpaired) electrons. The van der Waals surface area contributed by atoms with Gasteiger partial charge in [-0.05, 0) is 0 Å². The number of aliphatic carboxylic acids is 3. The summed E-state index contributed by atoms with van der Waals surface area (Å²) in [6, 6.07) is 0. The molecule has 0 aromatic rings. The van der Waals surface area contributed by atoms with Crippen LogP contribution in [0.25, 0.3) is 0 Å². The fraction of sp³-hybridized carbons (Fsp3) is 0.440. The van der Waals surface area contributed by atoms with Gasteiger partial charge in [0, 0.05) is 56.8 Å². The summed E-state index contributed by atoms with van der Waals surface area (Å²) >= 11 is 5.30. The van der Waals surface area contributed by atoms with Crippen LogP contribution >= 0.6 is 37.2 Å². The minimum atomic E-state index is -1.29. The number of imide groups is 1. The second-order valence-electron chi connectivity index (χ2n) is 8.75. The van der Waals surface area contributed by atoms with Crippen LogP contribution in [0.3, 0.4) is 0 Å². The summed E-state index contributed by atoms with van der Waals surface area (Å²) < 4.78 is 0. The van der Waals surface area contributed by atoms with E-state index in [9.17, 15) is 47.9 Å². The summed E-state index contributed by atoms with van der Waals surface area (Å²) in [5, 5.41) is 31.1. The Hall–Kier alpha value is -3.67. The maximum absolute atomic E-state index is 10.7. The van der Waals surface area contributed by atoms with Crippen LogP contribution in [0.15, 0.2) is 23.9 Å². The van der Waals surface area contributed by atoms with Crippen LogP contribution in [0.4, 0.5) is 0 Å². The van der Waals surface area contributed by atoms with Gasteiger partial charge >= 0.3 is 68.4 Å². The van der Waals surface area contributed by atoms with E-state index in [1.54, 1.807) is 20.8 Å². The first kappa shape index (κ1) is 57.6. The number of halogens is 3. The standard InChI is InChI=1S/C6H12N2O2.C6H11NO3.C5H7NO2.C4H6N2O3.C4H5NO3.I3.H3N/c1-4(3-5(7)9)6(10)8-2;1-4(3-5(8)9)6(10)7-2;1-3-2-4(7)6-5(3)8;5-2(4(6)9)1-3(7)8;5-3(6)1-2-4(7)8;1-3-2;/h4H,3H2,1-2H3,(H2,7,9)(H,8,10);4H,3H2,1-2H3,(H,7,10)(H,8,9);3H,2H2,1H3,(H,6,7,8);1H,5H2,(H2,6,9)(H,7,8);1-2H,(H2,5,6)(H,7,8);;1H3/q;;;;;-1;. The fourth-order valence-corrected chi connectivity index (χ4v) is 2.28. The summed E-state index contributed by atoms with van der Waals surface area (Å²) in [5.74, 6) is -7.10. The Kier molecular flexibility index (Phi) is 41.9. The number of hydrogen-bond donors (Lipinski definition) is 11. The average molecular weight is 1050 g/mol. The third-order valence-electron chi connectivity index (χ3n) is 4.53. The van der Waals surface area contributed by atoms with Crippen LogP contribution in [0.5, 0.6) is 0 Å². The summed E-state index contributed by atoms with van der Waals surface area (Å²) in [5.41, 5.74) is 18.4. The molecular weight excluding hydrogens is 1000 g/mol. The summed E-state index contributed by atoms with van der Waals surface area (Å²) in [6.45, 7) is 4.97. The van der Waals surface area contributed by atoms with E-state index in [1.807, 2.05) is 0 Å². The van der Waals surface area contributed by atoms with E-state index in [2.05, 4.69) is 64.6 Å². The van der Waals surface area contributed by atoms with Gasteiger partial charge in [-0.2, -0.15) is 0 Å². The monoisotopic (exact) mass is 1050 g/mol. The molecule has 17 N–H and O–H groups in total. The van der Waals surface area contributed by atoms with Crippen molar-refractivity contribution in [3.63, 3.8) is 0 Å². The molecule has 0 saturated carbocycles. The Morgan fingerprint density at radius 1 is 0.857 bits per heavy atom. The number of carbonyl (C=O) groups excluding carboxylic acids is 7. The molecule has 1 fully saturated rings. The molecule has 3 atom stereocenters. The number of nitrogens with two attached hydrogens (primary N) is 4. The molecule has 1 rings (SSSR count). The van der Waals surface area contributed by atoms with Crippen molar-refractivity contribution in [1.82, 2.24) is 22.1 Å². The van der Waals surface area contributed by atoms with Crippen molar-refractivity contribution < 1.29 is 76.5 Å². The van der Waals surface area contributed by atoms with Crippen LogP contribution in [-0.4, -0.2) is 88.7 Å². The summed E-state index contributed by atoms with van der Waals surface area (Å²) in [4.78, 5) is 102. The molecule has 7 amide bonds. The number of amides is 7. The fourth-order valence-electron chi connectivity index (χ4n) is 2.28. The SMILES string of the molecule is CC1CC(=O)NC1=O.CNC(=O)C(C)CC(=O)O.CNC(=O)C(C)CC(N)=O.I[I-]I.N.NC(=O)C(N)=CC(=O)O.NC(=O)C=CC(=O)O. The minimum absolute atomic E-state index is 0. The van der Waals surface area contributed by atoms with Crippen LogP contribution < -0.4 is 58.3 Å². The van der Waals surface area contributed by atoms with E-state index in [1.165, 1.54) is 14.1 Å². The largest absolute Gasteiger partial charge is 0.478 e. The van der Waals surface area contributed by atoms with E-state index in [0.29, 0.717) is 31.8 Å². The Balaban J connectivity index is -0.000000115. The third-order valence-corrected chi connectivity index (χ3v) is 4.53. The van der Waals surface area contributed by atoms with Crippen molar-refractivity contribution in [3.05, 3.63) is 23.9 Å².